The van der Waals surface area contributed by atoms with Crippen LogP contribution in [0, 0.1) is 5.41 Å². The van der Waals surface area contributed by atoms with Gasteiger partial charge in [0.05, 0.1) is 5.41 Å². The molecule has 2 bridgehead atoms. The first-order valence-electron chi connectivity index (χ1n) is 7.40. The highest BCUT2D eigenvalue weighted by Crippen LogP contribution is 2.30. The summed E-state index contributed by atoms with van der Waals surface area (Å²) in [4.78, 5) is 14.8. The Morgan fingerprint density at radius 1 is 1.28 bits per heavy atom. The lowest BCUT2D eigenvalue weighted by Gasteiger charge is -2.36. The minimum absolute atomic E-state index is 0.282. The van der Waals surface area contributed by atoms with Crippen molar-refractivity contribution in [1.29, 1.82) is 0 Å². The fraction of sp³-hybridized carbons (Fsp3) is 0.929. The molecule has 0 aliphatic carbocycles. The van der Waals surface area contributed by atoms with Crippen molar-refractivity contribution in [3.05, 3.63) is 0 Å². The van der Waals surface area contributed by atoms with Gasteiger partial charge in [-0.2, -0.15) is 0 Å². The molecule has 2 rings (SSSR count). The number of likely N-dealkylation sites (tertiary alicyclic amines) is 1. The van der Waals surface area contributed by atoms with Gasteiger partial charge in [-0.1, -0.05) is 13.8 Å². The molecule has 2 aliphatic heterocycles. The van der Waals surface area contributed by atoms with E-state index in [2.05, 4.69) is 24.1 Å². The average Bonchev–Trinajstić information content (AvgIpc) is 2.72. The number of carbonyl (C=O) groups is 1. The highest BCUT2D eigenvalue weighted by molar-refractivity contribution is 5.83. The van der Waals surface area contributed by atoms with Crippen LogP contribution in [0.5, 0.6) is 0 Å². The Hall–Kier alpha value is -0.610. The molecule has 3 N–H and O–H groups in total. The second kappa shape index (κ2) is 5.57. The van der Waals surface area contributed by atoms with Crippen molar-refractivity contribution >= 4 is 5.91 Å². The van der Waals surface area contributed by atoms with Crippen LogP contribution >= 0.6 is 0 Å². The lowest BCUT2D eigenvalue weighted by molar-refractivity contribution is -0.142. The molecule has 4 heteroatoms. The Morgan fingerprint density at radius 3 is 2.56 bits per heavy atom. The summed E-state index contributed by atoms with van der Waals surface area (Å²) in [5.74, 6) is 0.282. The lowest BCUT2D eigenvalue weighted by atomic mass is 9.80. The minimum Gasteiger partial charge on any atom is -0.341 e. The molecule has 0 saturated carbocycles. The van der Waals surface area contributed by atoms with Crippen LogP contribution < -0.4 is 11.1 Å². The molecule has 104 valence electrons. The van der Waals surface area contributed by atoms with Gasteiger partial charge in [0.1, 0.15) is 0 Å². The number of amides is 1. The third-order valence-electron chi connectivity index (χ3n) is 5.01. The van der Waals surface area contributed by atoms with Gasteiger partial charge in [-0.05, 0) is 32.1 Å². The molecule has 0 spiro atoms. The molecule has 0 aromatic carbocycles. The number of nitrogens with one attached hydrogen (secondary N) is 1. The summed E-state index contributed by atoms with van der Waals surface area (Å²) in [6, 6.07) is 1.13. The van der Waals surface area contributed by atoms with Crippen LogP contribution in [0.4, 0.5) is 0 Å². The van der Waals surface area contributed by atoms with Crippen molar-refractivity contribution < 1.29 is 4.79 Å². The summed E-state index contributed by atoms with van der Waals surface area (Å²) in [5, 5.41) is 3.62. The second-order valence-electron chi connectivity index (χ2n) is 5.87. The zero-order valence-electron chi connectivity index (χ0n) is 11.7. The highest BCUT2D eigenvalue weighted by atomic mass is 16.2. The molecule has 2 heterocycles. The fourth-order valence-corrected chi connectivity index (χ4v) is 3.39. The van der Waals surface area contributed by atoms with Gasteiger partial charge in [0.2, 0.25) is 5.91 Å². The quantitative estimate of drug-likeness (QED) is 0.789. The smallest absolute Gasteiger partial charge is 0.230 e. The number of rotatable bonds is 4. The monoisotopic (exact) mass is 253 g/mol. The van der Waals surface area contributed by atoms with Gasteiger partial charge in [-0.15, -0.1) is 0 Å². The SMILES string of the molecule is CCC(CC)(CN)C(=O)N1CCC2CCC(C1)N2. The number of hydrogen-bond acceptors (Lipinski definition) is 3. The van der Waals surface area contributed by atoms with E-state index in [-0.39, 0.29) is 11.3 Å². The van der Waals surface area contributed by atoms with E-state index in [0.717, 1.165) is 32.4 Å². The van der Waals surface area contributed by atoms with Gasteiger partial charge < -0.3 is 16.0 Å². The maximum absolute atomic E-state index is 12.8. The summed E-state index contributed by atoms with van der Waals surface area (Å²) < 4.78 is 0. The molecular formula is C14H27N3O. The van der Waals surface area contributed by atoms with Crippen molar-refractivity contribution in [3.8, 4) is 0 Å². The van der Waals surface area contributed by atoms with Crippen LogP contribution in [0.15, 0.2) is 0 Å². The van der Waals surface area contributed by atoms with Gasteiger partial charge in [-0.25, -0.2) is 0 Å². The van der Waals surface area contributed by atoms with Crippen LogP contribution in [0.2, 0.25) is 0 Å². The third kappa shape index (κ3) is 2.41. The van der Waals surface area contributed by atoms with E-state index >= 15 is 0 Å². The van der Waals surface area contributed by atoms with E-state index in [0.29, 0.717) is 18.6 Å². The van der Waals surface area contributed by atoms with Crippen molar-refractivity contribution in [2.24, 2.45) is 11.1 Å². The Morgan fingerprint density at radius 2 is 1.94 bits per heavy atom. The highest BCUT2D eigenvalue weighted by Gasteiger charge is 2.39. The predicted molar refractivity (Wildman–Crippen MR) is 73.2 cm³/mol. The molecule has 4 nitrogen and oxygen atoms in total. The molecule has 2 aliphatic rings. The van der Waals surface area contributed by atoms with Gasteiger partial charge in [0.15, 0.2) is 0 Å². The van der Waals surface area contributed by atoms with Crippen molar-refractivity contribution in [3.63, 3.8) is 0 Å². The molecule has 2 unspecified atom stereocenters. The van der Waals surface area contributed by atoms with E-state index in [1.165, 1.54) is 12.8 Å². The number of hydrogen-bond donors (Lipinski definition) is 2. The van der Waals surface area contributed by atoms with Gasteiger partial charge in [0, 0.05) is 31.7 Å². The minimum atomic E-state index is -0.330. The topological polar surface area (TPSA) is 58.4 Å². The predicted octanol–water partition coefficient (Wildman–Crippen LogP) is 1.10. The van der Waals surface area contributed by atoms with Crippen molar-refractivity contribution in [1.82, 2.24) is 10.2 Å². The van der Waals surface area contributed by atoms with Gasteiger partial charge >= 0.3 is 0 Å². The number of nitrogens with two attached hydrogens (primary N) is 1. The molecular weight excluding hydrogens is 226 g/mol. The summed E-state index contributed by atoms with van der Waals surface area (Å²) in [6.45, 7) is 6.40. The third-order valence-corrected chi connectivity index (χ3v) is 5.01. The summed E-state index contributed by atoms with van der Waals surface area (Å²) in [6.07, 6.45) is 5.27. The normalized spacial score (nSPS) is 28.3. The first kappa shape index (κ1) is 13.8. The van der Waals surface area contributed by atoms with E-state index in [4.69, 9.17) is 5.73 Å². The van der Waals surface area contributed by atoms with Gasteiger partial charge in [0.25, 0.3) is 0 Å². The fourth-order valence-electron chi connectivity index (χ4n) is 3.39. The first-order valence-corrected chi connectivity index (χ1v) is 7.40. The Balaban J connectivity index is 2.08. The van der Waals surface area contributed by atoms with E-state index < -0.39 is 0 Å². The zero-order valence-corrected chi connectivity index (χ0v) is 11.7. The van der Waals surface area contributed by atoms with E-state index in [1.807, 2.05) is 0 Å². The summed E-state index contributed by atoms with van der Waals surface area (Å²) in [7, 11) is 0. The largest absolute Gasteiger partial charge is 0.341 e. The summed E-state index contributed by atoms with van der Waals surface area (Å²) >= 11 is 0. The van der Waals surface area contributed by atoms with Crippen LogP contribution in [0.25, 0.3) is 0 Å². The van der Waals surface area contributed by atoms with Crippen LogP contribution in [0.1, 0.15) is 46.0 Å². The van der Waals surface area contributed by atoms with Crippen molar-refractivity contribution in [2.45, 2.75) is 58.0 Å². The maximum atomic E-state index is 12.8. The molecule has 0 aromatic heterocycles. The Bertz CT molecular complexity index is 293. The van der Waals surface area contributed by atoms with Gasteiger partial charge in [-0.3, -0.25) is 4.79 Å². The molecule has 0 radical (unpaired) electrons. The van der Waals surface area contributed by atoms with Crippen LogP contribution in [-0.2, 0) is 4.79 Å². The molecule has 0 aromatic rings. The average molecular weight is 253 g/mol. The lowest BCUT2D eigenvalue weighted by Crippen LogP contribution is -2.50. The number of fused-ring (bicyclic) bond motifs is 2. The molecule has 2 fully saturated rings. The number of nitrogens with zero attached hydrogens (tertiary/aromatic N) is 1. The standard InChI is InChI=1S/C14H27N3O/c1-3-14(4-2,10-15)13(18)17-8-7-11-5-6-12(9-17)16-11/h11-12,16H,3-10,15H2,1-2H3. The van der Waals surface area contributed by atoms with E-state index in [9.17, 15) is 4.79 Å². The first-order chi connectivity index (χ1) is 8.65. The molecule has 2 atom stereocenters. The molecule has 2 saturated heterocycles. The number of carbonyl (C=O) groups excluding carboxylic acids is 1. The second-order valence-corrected chi connectivity index (χ2v) is 5.87. The Labute approximate surface area is 110 Å². The Kier molecular flexibility index (Phi) is 4.28. The maximum Gasteiger partial charge on any atom is 0.230 e. The van der Waals surface area contributed by atoms with Crippen molar-refractivity contribution in [2.75, 3.05) is 19.6 Å². The zero-order chi connectivity index (χ0) is 13.2. The summed E-state index contributed by atoms with van der Waals surface area (Å²) in [5.41, 5.74) is 5.56. The molecule has 18 heavy (non-hydrogen) atoms. The van der Waals surface area contributed by atoms with Crippen LogP contribution in [0.3, 0.4) is 0 Å². The van der Waals surface area contributed by atoms with E-state index in [1.54, 1.807) is 0 Å². The molecule has 1 amide bonds. The van der Waals surface area contributed by atoms with Crippen LogP contribution in [-0.4, -0.2) is 42.5 Å².